The van der Waals surface area contributed by atoms with Crippen molar-refractivity contribution in [3.05, 3.63) is 118 Å². The molecule has 224 valence electrons. The summed E-state index contributed by atoms with van der Waals surface area (Å²) in [6.07, 6.45) is 2.27. The molecule has 3 aromatic carbocycles. The first-order chi connectivity index (χ1) is 21.0. The first-order valence-electron chi connectivity index (χ1n) is 13.7. The summed E-state index contributed by atoms with van der Waals surface area (Å²) in [5, 5.41) is 12.6. The van der Waals surface area contributed by atoms with E-state index in [1.54, 1.807) is 39.8 Å². The fourth-order valence-electron chi connectivity index (χ4n) is 6.17. The van der Waals surface area contributed by atoms with Crippen LogP contribution < -0.4 is 20.6 Å². The number of carbonyl (C=O) groups excluding carboxylic acids is 1. The summed E-state index contributed by atoms with van der Waals surface area (Å²) in [4.78, 5) is 13.8. The second-order valence-electron chi connectivity index (χ2n) is 11.0. The predicted molar refractivity (Wildman–Crippen MR) is 151 cm³/mol. The largest absolute Gasteiger partial charge is 0.545 e. The van der Waals surface area contributed by atoms with Crippen molar-refractivity contribution in [2.75, 3.05) is 31.1 Å². The van der Waals surface area contributed by atoms with Crippen LogP contribution in [0.1, 0.15) is 21.5 Å². The van der Waals surface area contributed by atoms with Gasteiger partial charge in [0.15, 0.2) is 43.5 Å². The van der Waals surface area contributed by atoms with E-state index in [-0.39, 0.29) is 53.5 Å². The lowest BCUT2D eigenvalue weighted by atomic mass is 9.86. The fourth-order valence-corrected chi connectivity index (χ4v) is 9.25. The smallest absolute Gasteiger partial charge is 0.216 e. The van der Waals surface area contributed by atoms with Crippen LogP contribution in [0.15, 0.2) is 77.6 Å². The van der Waals surface area contributed by atoms with Crippen molar-refractivity contribution >= 4 is 40.7 Å². The monoisotopic (exact) mass is 626 g/mol. The molecule has 0 aromatic heterocycles. The molecule has 0 radical (unpaired) electrons. The Labute approximate surface area is 247 Å². The lowest BCUT2D eigenvalue weighted by Crippen LogP contribution is -2.48. The molecule has 1 atom stereocenters. The summed E-state index contributed by atoms with van der Waals surface area (Å²) in [6.45, 7) is 0.234. The third-order valence-corrected chi connectivity index (χ3v) is 11.5. The number of fused-ring (bicyclic) bond motifs is 2. The average molecular weight is 626 g/mol. The molecule has 3 aromatic rings. The Morgan fingerprint density at radius 2 is 1.57 bits per heavy atom. The Kier molecular flexibility index (Phi) is 6.51. The summed E-state index contributed by atoms with van der Waals surface area (Å²) in [6, 6.07) is 12.7. The maximum absolute atomic E-state index is 15.7. The van der Waals surface area contributed by atoms with E-state index in [2.05, 4.69) is 0 Å². The minimum absolute atomic E-state index is 0.0157. The van der Waals surface area contributed by atoms with E-state index in [1.165, 1.54) is 36.4 Å². The van der Waals surface area contributed by atoms with E-state index in [0.717, 1.165) is 0 Å². The number of carbonyl (C=O) groups is 1. The van der Waals surface area contributed by atoms with E-state index >= 15 is 13.3 Å². The Bertz CT molecular complexity index is 1960. The number of benzene rings is 3. The summed E-state index contributed by atoms with van der Waals surface area (Å²) < 4.78 is 105. The van der Waals surface area contributed by atoms with Crippen LogP contribution in [0.2, 0.25) is 0 Å². The average Bonchev–Trinajstić information content (AvgIpc) is 2.99. The van der Waals surface area contributed by atoms with Crippen LogP contribution in [0.4, 0.5) is 32.0 Å². The molecule has 2 fully saturated rings. The molecular weight excluding hydrogens is 605 g/mol. The van der Waals surface area contributed by atoms with Gasteiger partial charge in [0.2, 0.25) is 11.9 Å². The van der Waals surface area contributed by atoms with Crippen molar-refractivity contribution in [1.82, 2.24) is 0 Å². The highest BCUT2D eigenvalue weighted by atomic mass is 31.2. The number of anilines is 1. The first kappa shape index (κ1) is 28.4. The van der Waals surface area contributed by atoms with E-state index in [9.17, 15) is 27.5 Å². The van der Waals surface area contributed by atoms with Crippen LogP contribution in [0.5, 0.6) is 0 Å². The van der Waals surface area contributed by atoms with Gasteiger partial charge < -0.3 is 19.4 Å². The molecule has 0 spiro atoms. The van der Waals surface area contributed by atoms with Crippen LogP contribution in [0.3, 0.4) is 0 Å². The Hall–Kier alpha value is -4.37. The van der Waals surface area contributed by atoms with Crippen molar-refractivity contribution in [3.8, 4) is 0 Å². The Morgan fingerprint density at radius 3 is 2.20 bits per heavy atom. The second-order valence-corrected chi connectivity index (χ2v) is 13.7. The maximum atomic E-state index is 15.7. The van der Waals surface area contributed by atoms with Crippen LogP contribution in [0, 0.1) is 23.3 Å². The van der Waals surface area contributed by atoms with Gasteiger partial charge in [0, 0.05) is 50.5 Å². The van der Waals surface area contributed by atoms with Crippen LogP contribution in [-0.2, 0) is 4.57 Å². The third kappa shape index (κ3) is 4.05. The molecule has 0 saturated carbocycles. The quantitative estimate of drug-likeness (QED) is 0.144. The normalized spacial score (nSPS) is 22.7. The number of carboxylic acid groups (broad SMARTS) is 1. The molecule has 2 saturated heterocycles. The van der Waals surface area contributed by atoms with Gasteiger partial charge in [-0.25, -0.2) is 30.9 Å². The first-order valence-corrected chi connectivity index (χ1v) is 15.4. The van der Waals surface area contributed by atoms with Gasteiger partial charge in [0.05, 0.1) is 19.1 Å². The van der Waals surface area contributed by atoms with Crippen LogP contribution >= 0.6 is 7.14 Å². The molecule has 0 amide bonds. The molecule has 0 N–H and O–H groups in total. The number of carboxylic acids is 1. The molecular formula is C32H21F6N2O3P. The van der Waals surface area contributed by atoms with Gasteiger partial charge in [-0.15, -0.1) is 0 Å². The van der Waals surface area contributed by atoms with Crippen LogP contribution in [0.25, 0.3) is 5.57 Å². The summed E-state index contributed by atoms with van der Waals surface area (Å²) in [5.41, 5.74) is -2.09. The zero-order valence-electron chi connectivity index (χ0n) is 22.7. The molecule has 5 nitrogen and oxygen atoms in total. The third-order valence-electron chi connectivity index (χ3n) is 8.43. The Morgan fingerprint density at radius 1 is 0.886 bits per heavy atom. The Balaban J connectivity index is 1.61. The molecule has 4 aliphatic rings. The summed E-state index contributed by atoms with van der Waals surface area (Å²) in [5.74, 6) is -11.0. The molecule has 44 heavy (non-hydrogen) atoms. The number of aromatic carboxylic acids is 1. The van der Waals surface area contributed by atoms with Gasteiger partial charge >= 0.3 is 0 Å². The molecule has 1 aliphatic carbocycles. The second kappa shape index (κ2) is 10.1. The highest BCUT2D eigenvalue weighted by Gasteiger charge is 2.46. The van der Waals surface area contributed by atoms with Crippen molar-refractivity contribution in [2.45, 2.75) is 12.3 Å². The number of nitrogens with zero attached hydrogens (tertiary/aromatic N) is 2. The fraction of sp³-hybridized carbons (Fsp3) is 0.188. The number of rotatable bonds is 4. The molecule has 7 rings (SSSR count). The lowest BCUT2D eigenvalue weighted by Gasteiger charge is -2.39. The SMILES string of the molecule is O=C([O-])c1c(F)c(F)c(F)c(F)c1C1=C2C=CC(=[N+]3CC(F)C3)C=C2P(=O)(c2ccccc2)c2cc(N3CC(F)C3)ccc21. The van der Waals surface area contributed by atoms with Crippen molar-refractivity contribution < 1.29 is 45.4 Å². The molecule has 12 heteroatoms. The van der Waals surface area contributed by atoms with Gasteiger partial charge in [-0.1, -0.05) is 36.4 Å². The van der Waals surface area contributed by atoms with E-state index < -0.39 is 59.9 Å². The van der Waals surface area contributed by atoms with Crippen LogP contribution in [-0.4, -0.2) is 54.8 Å². The van der Waals surface area contributed by atoms with Gasteiger partial charge in [-0.2, -0.15) is 0 Å². The summed E-state index contributed by atoms with van der Waals surface area (Å²) in [7, 11) is -3.94. The van der Waals surface area contributed by atoms with Crippen molar-refractivity contribution in [3.63, 3.8) is 0 Å². The van der Waals surface area contributed by atoms with Gasteiger partial charge in [-0.3, -0.25) is 0 Å². The standard InChI is InChI=1S/C32H21F6N2O3P/c33-16-12-39(13-16)18-6-8-21-23(10-18)44(43,20-4-2-1-3-5-20)24-11-19(40-14-17(34)15-40)7-9-22(24)25(21)26-27(32(41)42)29(36)31(38)30(37)28(26)35/h1-11,16-17H,12-15H2. The number of halogens is 6. The number of hydrogen-bond acceptors (Lipinski definition) is 4. The minimum atomic E-state index is -3.94. The number of allylic oxidation sites excluding steroid dienone is 5. The lowest BCUT2D eigenvalue weighted by molar-refractivity contribution is -0.599. The van der Waals surface area contributed by atoms with E-state index in [1.807, 2.05) is 0 Å². The van der Waals surface area contributed by atoms with E-state index in [4.69, 9.17) is 0 Å². The van der Waals surface area contributed by atoms with Gasteiger partial charge in [-0.05, 0) is 29.3 Å². The van der Waals surface area contributed by atoms with Crippen molar-refractivity contribution in [2.24, 2.45) is 0 Å². The number of hydrogen-bond donors (Lipinski definition) is 0. The topological polar surface area (TPSA) is 63.4 Å². The van der Waals surface area contributed by atoms with Gasteiger partial charge in [0.25, 0.3) is 0 Å². The molecule has 0 bridgehead atoms. The zero-order chi connectivity index (χ0) is 31.1. The minimum Gasteiger partial charge on any atom is -0.545 e. The van der Waals surface area contributed by atoms with Gasteiger partial charge in [0.1, 0.15) is 6.17 Å². The summed E-state index contributed by atoms with van der Waals surface area (Å²) >= 11 is 0. The van der Waals surface area contributed by atoms with Crippen molar-refractivity contribution in [1.29, 1.82) is 0 Å². The maximum Gasteiger partial charge on any atom is 0.216 e. The highest BCUT2D eigenvalue weighted by Crippen LogP contribution is 2.62. The molecule has 3 heterocycles. The molecule has 3 aliphatic heterocycles. The molecule has 1 unspecified atom stereocenters. The number of alkyl halides is 2. The highest BCUT2D eigenvalue weighted by molar-refractivity contribution is 7.83. The van der Waals surface area contributed by atoms with E-state index in [0.29, 0.717) is 16.7 Å². The predicted octanol–water partition coefficient (Wildman–Crippen LogP) is 4.15. The zero-order valence-corrected chi connectivity index (χ0v) is 23.6.